The molecule has 3 nitrogen and oxygen atoms in total. The molecule has 2 aromatic carbocycles. The van der Waals surface area contributed by atoms with Crippen LogP contribution in [0.2, 0.25) is 0 Å². The van der Waals surface area contributed by atoms with E-state index in [2.05, 4.69) is 15.8 Å². The summed E-state index contributed by atoms with van der Waals surface area (Å²) >= 11 is 5.01. The number of hydrazone groups is 1. The summed E-state index contributed by atoms with van der Waals surface area (Å²) < 4.78 is 13.3. The second-order valence-electron chi connectivity index (χ2n) is 3.71. The van der Waals surface area contributed by atoms with Crippen LogP contribution in [0.3, 0.4) is 0 Å². The predicted molar refractivity (Wildman–Crippen MR) is 79.8 cm³/mol. The normalized spacial score (nSPS) is 10.4. The van der Waals surface area contributed by atoms with Gasteiger partial charge in [-0.2, -0.15) is 5.10 Å². The van der Waals surface area contributed by atoms with Gasteiger partial charge in [0.25, 0.3) is 0 Å². The molecule has 5 heteroatoms. The smallest absolute Gasteiger partial charge is 0.191 e. The summed E-state index contributed by atoms with van der Waals surface area (Å²) in [4.78, 5) is 0. The van der Waals surface area contributed by atoms with Crippen LogP contribution >= 0.6 is 12.2 Å². The molecule has 19 heavy (non-hydrogen) atoms. The zero-order valence-corrected chi connectivity index (χ0v) is 10.8. The topological polar surface area (TPSA) is 36.4 Å². The van der Waals surface area contributed by atoms with Gasteiger partial charge in [-0.15, -0.1) is 0 Å². The highest BCUT2D eigenvalue weighted by molar-refractivity contribution is 7.80. The minimum atomic E-state index is -0.362. The van der Waals surface area contributed by atoms with Crippen molar-refractivity contribution < 1.29 is 4.39 Å². The molecule has 0 unspecified atom stereocenters. The number of hydrogen-bond donors (Lipinski definition) is 2. The predicted octanol–water partition coefficient (Wildman–Crippen LogP) is 3.15. The second kappa shape index (κ2) is 6.61. The number of halogens is 1. The van der Waals surface area contributed by atoms with Crippen LogP contribution in [0.1, 0.15) is 5.56 Å². The first-order chi connectivity index (χ1) is 9.25. The van der Waals surface area contributed by atoms with Gasteiger partial charge in [0.1, 0.15) is 5.82 Å². The lowest BCUT2D eigenvalue weighted by molar-refractivity contribution is 0.632. The Bertz CT molecular complexity index is 584. The Morgan fingerprint density at radius 3 is 2.47 bits per heavy atom. The minimum absolute atomic E-state index is 0.234. The number of benzene rings is 2. The molecule has 0 aliphatic carbocycles. The molecule has 0 aliphatic heterocycles. The van der Waals surface area contributed by atoms with E-state index >= 15 is 0 Å². The number of para-hydroxylation sites is 1. The maximum absolute atomic E-state index is 13.3. The third kappa shape index (κ3) is 4.15. The molecule has 0 aliphatic rings. The molecular weight excluding hydrogens is 261 g/mol. The largest absolute Gasteiger partial charge is 0.329 e. The first kappa shape index (κ1) is 13.2. The van der Waals surface area contributed by atoms with Gasteiger partial charge in [0.15, 0.2) is 5.11 Å². The number of rotatable bonds is 3. The number of anilines is 1. The van der Waals surface area contributed by atoms with E-state index in [-0.39, 0.29) is 10.9 Å². The zero-order valence-electron chi connectivity index (χ0n) is 10.0. The van der Waals surface area contributed by atoms with Gasteiger partial charge >= 0.3 is 0 Å². The van der Waals surface area contributed by atoms with E-state index in [1.807, 2.05) is 30.3 Å². The Morgan fingerprint density at radius 2 is 1.74 bits per heavy atom. The van der Waals surface area contributed by atoms with Crippen molar-refractivity contribution in [3.63, 3.8) is 0 Å². The SMILES string of the molecule is Fc1ccccc1NC(=S)NN=Cc1ccccc1. The molecule has 0 radical (unpaired) electrons. The van der Waals surface area contributed by atoms with Crippen LogP contribution < -0.4 is 10.7 Å². The quantitative estimate of drug-likeness (QED) is 0.512. The van der Waals surface area contributed by atoms with Crippen molar-refractivity contribution in [2.75, 3.05) is 5.32 Å². The zero-order chi connectivity index (χ0) is 13.5. The first-order valence-corrected chi connectivity index (χ1v) is 6.06. The molecule has 2 N–H and O–H groups in total. The first-order valence-electron chi connectivity index (χ1n) is 5.65. The van der Waals surface area contributed by atoms with E-state index in [1.165, 1.54) is 6.07 Å². The Labute approximate surface area is 116 Å². The molecular formula is C14H12FN3S. The van der Waals surface area contributed by atoms with E-state index in [0.717, 1.165) is 5.56 Å². The van der Waals surface area contributed by atoms with Crippen LogP contribution in [0, 0.1) is 5.82 Å². The van der Waals surface area contributed by atoms with E-state index < -0.39 is 0 Å². The second-order valence-corrected chi connectivity index (χ2v) is 4.12. The molecule has 0 bridgehead atoms. The van der Waals surface area contributed by atoms with Crippen molar-refractivity contribution in [3.8, 4) is 0 Å². The lowest BCUT2D eigenvalue weighted by atomic mass is 10.2. The molecule has 0 atom stereocenters. The molecule has 2 aromatic rings. The average Bonchev–Trinajstić information content (AvgIpc) is 2.43. The van der Waals surface area contributed by atoms with Crippen LogP contribution in [0.5, 0.6) is 0 Å². The van der Waals surface area contributed by atoms with Crippen LogP contribution in [0.25, 0.3) is 0 Å². The van der Waals surface area contributed by atoms with E-state index in [1.54, 1.807) is 24.4 Å². The summed E-state index contributed by atoms with van der Waals surface area (Å²) in [6, 6.07) is 15.9. The van der Waals surface area contributed by atoms with Gasteiger partial charge < -0.3 is 5.32 Å². The molecule has 96 valence electrons. The van der Waals surface area contributed by atoms with Crippen molar-refractivity contribution >= 4 is 29.2 Å². The van der Waals surface area contributed by atoms with Crippen molar-refractivity contribution in [2.24, 2.45) is 5.10 Å². The van der Waals surface area contributed by atoms with Crippen LogP contribution in [-0.4, -0.2) is 11.3 Å². The molecule has 0 saturated heterocycles. The van der Waals surface area contributed by atoms with Crippen LogP contribution in [-0.2, 0) is 0 Å². The number of nitrogens with one attached hydrogen (secondary N) is 2. The van der Waals surface area contributed by atoms with Gasteiger partial charge in [-0.1, -0.05) is 42.5 Å². The number of nitrogens with zero attached hydrogens (tertiary/aromatic N) is 1. The number of hydrogen-bond acceptors (Lipinski definition) is 2. The molecule has 0 aromatic heterocycles. The minimum Gasteiger partial charge on any atom is -0.329 e. The fraction of sp³-hybridized carbons (Fsp3) is 0. The molecule has 0 amide bonds. The Balaban J connectivity index is 1.89. The maximum atomic E-state index is 13.3. The Hall–Kier alpha value is -2.27. The Kier molecular flexibility index (Phi) is 4.58. The average molecular weight is 273 g/mol. The summed E-state index contributed by atoms with van der Waals surface area (Å²) in [5.41, 5.74) is 3.89. The van der Waals surface area contributed by atoms with Gasteiger partial charge in [-0.3, -0.25) is 5.43 Å². The molecule has 0 heterocycles. The highest BCUT2D eigenvalue weighted by atomic mass is 32.1. The van der Waals surface area contributed by atoms with E-state index in [0.29, 0.717) is 5.69 Å². The van der Waals surface area contributed by atoms with Crippen molar-refractivity contribution in [3.05, 3.63) is 66.0 Å². The van der Waals surface area contributed by atoms with Crippen molar-refractivity contribution in [1.29, 1.82) is 0 Å². The van der Waals surface area contributed by atoms with E-state index in [4.69, 9.17) is 12.2 Å². The summed E-state index contributed by atoms with van der Waals surface area (Å²) in [6.45, 7) is 0. The van der Waals surface area contributed by atoms with Gasteiger partial charge in [-0.25, -0.2) is 4.39 Å². The number of thiocarbonyl (C=S) groups is 1. The van der Waals surface area contributed by atoms with Crippen LogP contribution in [0.15, 0.2) is 59.7 Å². The van der Waals surface area contributed by atoms with Gasteiger partial charge in [0.2, 0.25) is 0 Å². The fourth-order valence-electron chi connectivity index (χ4n) is 1.42. The highest BCUT2D eigenvalue weighted by Crippen LogP contribution is 2.11. The van der Waals surface area contributed by atoms with Crippen molar-refractivity contribution in [2.45, 2.75) is 0 Å². The lowest BCUT2D eigenvalue weighted by Gasteiger charge is -2.07. The van der Waals surface area contributed by atoms with E-state index in [9.17, 15) is 4.39 Å². The highest BCUT2D eigenvalue weighted by Gasteiger charge is 2.01. The van der Waals surface area contributed by atoms with Gasteiger partial charge in [0.05, 0.1) is 11.9 Å². The Morgan fingerprint density at radius 1 is 1.05 bits per heavy atom. The monoisotopic (exact) mass is 273 g/mol. The van der Waals surface area contributed by atoms with Crippen LogP contribution in [0.4, 0.5) is 10.1 Å². The summed E-state index contributed by atoms with van der Waals surface area (Å²) in [7, 11) is 0. The third-order valence-electron chi connectivity index (χ3n) is 2.30. The lowest BCUT2D eigenvalue weighted by Crippen LogP contribution is -2.24. The van der Waals surface area contributed by atoms with Gasteiger partial charge in [0, 0.05) is 0 Å². The molecule has 0 saturated carbocycles. The maximum Gasteiger partial charge on any atom is 0.191 e. The van der Waals surface area contributed by atoms with Gasteiger partial charge in [-0.05, 0) is 29.9 Å². The van der Waals surface area contributed by atoms with Crippen molar-refractivity contribution in [1.82, 2.24) is 5.43 Å². The molecule has 0 fully saturated rings. The summed E-state index contributed by atoms with van der Waals surface area (Å²) in [6.07, 6.45) is 1.63. The third-order valence-corrected chi connectivity index (χ3v) is 2.49. The fourth-order valence-corrected chi connectivity index (χ4v) is 1.58. The summed E-state index contributed by atoms with van der Waals surface area (Å²) in [5.74, 6) is -0.362. The summed E-state index contributed by atoms with van der Waals surface area (Å²) in [5, 5.41) is 6.93. The molecule has 0 spiro atoms. The molecule has 2 rings (SSSR count). The standard InChI is InChI=1S/C14H12FN3S/c15-12-8-4-5-9-13(12)17-14(19)18-16-10-11-6-2-1-3-7-11/h1-10H,(H2,17,18,19).